The summed E-state index contributed by atoms with van der Waals surface area (Å²) in [6.45, 7) is 2.96. The second kappa shape index (κ2) is 5.77. The molecule has 0 atom stereocenters. The second-order valence-electron chi connectivity index (χ2n) is 6.31. The minimum Gasteiger partial charge on any atom is -0.349 e. The number of rotatable bonds is 1. The molecule has 4 rings (SSSR count). The van der Waals surface area contributed by atoms with Gasteiger partial charge in [-0.3, -0.25) is 4.79 Å². The van der Waals surface area contributed by atoms with Gasteiger partial charge in [0.1, 0.15) is 5.69 Å². The number of carbonyl (C=O) groups excluding carboxylic acids is 1. The molecule has 3 aromatic rings. The van der Waals surface area contributed by atoms with Crippen molar-refractivity contribution >= 4 is 28.4 Å². The summed E-state index contributed by atoms with van der Waals surface area (Å²) in [6, 6.07) is 8.51. The Balaban J connectivity index is 1.98. The maximum absolute atomic E-state index is 12.8. The van der Waals surface area contributed by atoms with Gasteiger partial charge in [-0.15, -0.1) is 0 Å². The summed E-state index contributed by atoms with van der Waals surface area (Å²) < 4.78 is 40.4. The molecule has 0 aliphatic carbocycles. The van der Waals surface area contributed by atoms with Crippen molar-refractivity contribution in [3.05, 3.63) is 58.2 Å². The third-order valence-electron chi connectivity index (χ3n) is 4.73. The highest BCUT2D eigenvalue weighted by molar-refractivity contribution is 6.32. The first-order valence-corrected chi connectivity index (χ1v) is 8.43. The van der Waals surface area contributed by atoms with Gasteiger partial charge in [-0.2, -0.15) is 13.2 Å². The maximum atomic E-state index is 12.8. The van der Waals surface area contributed by atoms with Gasteiger partial charge in [0, 0.05) is 29.1 Å². The molecule has 0 saturated heterocycles. The molecule has 1 amide bonds. The highest BCUT2D eigenvalue weighted by atomic mass is 35.5. The fourth-order valence-electron chi connectivity index (χ4n) is 3.56. The van der Waals surface area contributed by atoms with E-state index >= 15 is 0 Å². The van der Waals surface area contributed by atoms with E-state index in [1.807, 2.05) is 11.5 Å². The van der Waals surface area contributed by atoms with Crippen molar-refractivity contribution in [1.29, 1.82) is 0 Å². The number of benzene rings is 2. The summed E-state index contributed by atoms with van der Waals surface area (Å²) in [7, 11) is 0. The fourth-order valence-corrected chi connectivity index (χ4v) is 3.78. The van der Waals surface area contributed by atoms with Gasteiger partial charge in [-0.25, -0.2) is 0 Å². The Morgan fingerprint density at radius 1 is 1.15 bits per heavy atom. The van der Waals surface area contributed by atoms with E-state index in [2.05, 4.69) is 5.32 Å². The molecule has 0 spiro atoms. The Hall–Kier alpha value is -2.47. The van der Waals surface area contributed by atoms with Gasteiger partial charge in [0.25, 0.3) is 5.91 Å². The molecule has 1 N–H and O–H groups in total. The molecule has 1 aliphatic rings. The normalized spacial score (nSPS) is 14.4. The van der Waals surface area contributed by atoms with Crippen LogP contribution in [0.5, 0.6) is 0 Å². The smallest absolute Gasteiger partial charge is 0.349 e. The number of carbonyl (C=O) groups is 1. The molecule has 7 heteroatoms. The molecule has 26 heavy (non-hydrogen) atoms. The summed E-state index contributed by atoms with van der Waals surface area (Å²) >= 11 is 6.26. The Bertz CT molecular complexity index is 1040. The number of nitrogens with one attached hydrogen (secondary N) is 1. The molecule has 0 bridgehead atoms. The van der Waals surface area contributed by atoms with Gasteiger partial charge in [0.15, 0.2) is 0 Å². The van der Waals surface area contributed by atoms with Crippen LogP contribution in [0.2, 0.25) is 5.02 Å². The van der Waals surface area contributed by atoms with Gasteiger partial charge < -0.3 is 9.88 Å². The van der Waals surface area contributed by atoms with E-state index in [9.17, 15) is 18.0 Å². The third-order valence-corrected chi connectivity index (χ3v) is 4.95. The van der Waals surface area contributed by atoms with Gasteiger partial charge >= 0.3 is 6.18 Å². The molecule has 2 aromatic carbocycles. The van der Waals surface area contributed by atoms with Crippen LogP contribution >= 0.6 is 11.6 Å². The highest BCUT2D eigenvalue weighted by Gasteiger charge is 2.30. The van der Waals surface area contributed by atoms with Crippen molar-refractivity contribution in [2.75, 3.05) is 6.54 Å². The summed E-state index contributed by atoms with van der Waals surface area (Å²) in [5.74, 6) is -0.153. The zero-order valence-corrected chi connectivity index (χ0v) is 14.5. The average Bonchev–Trinajstić information content (AvgIpc) is 2.87. The lowest BCUT2D eigenvalue weighted by Gasteiger charge is -2.18. The summed E-state index contributed by atoms with van der Waals surface area (Å²) in [5, 5.41) is 4.12. The Morgan fingerprint density at radius 2 is 1.85 bits per heavy atom. The molecule has 0 fully saturated rings. The predicted molar refractivity (Wildman–Crippen MR) is 94.5 cm³/mol. The molecule has 0 saturated carbocycles. The molecule has 0 unspecified atom stereocenters. The molecule has 1 aromatic heterocycles. The van der Waals surface area contributed by atoms with Crippen LogP contribution in [0.4, 0.5) is 13.2 Å². The number of nitrogens with zero attached hydrogens (tertiary/aromatic N) is 1. The quantitative estimate of drug-likeness (QED) is 0.633. The van der Waals surface area contributed by atoms with Crippen LogP contribution in [0.1, 0.15) is 21.6 Å². The lowest BCUT2D eigenvalue weighted by Crippen LogP contribution is -2.35. The van der Waals surface area contributed by atoms with Crippen LogP contribution in [0.15, 0.2) is 36.4 Å². The van der Waals surface area contributed by atoms with Crippen LogP contribution < -0.4 is 5.32 Å². The van der Waals surface area contributed by atoms with E-state index < -0.39 is 11.7 Å². The molecular weight excluding hydrogens is 365 g/mol. The summed E-state index contributed by atoms with van der Waals surface area (Å²) in [6.07, 6.45) is -4.38. The van der Waals surface area contributed by atoms with E-state index in [0.717, 1.165) is 28.6 Å². The average molecular weight is 379 g/mol. The molecule has 1 aliphatic heterocycles. The van der Waals surface area contributed by atoms with E-state index in [4.69, 9.17) is 11.6 Å². The number of alkyl halides is 3. The van der Waals surface area contributed by atoms with E-state index in [0.29, 0.717) is 34.9 Å². The van der Waals surface area contributed by atoms with Crippen LogP contribution in [0.25, 0.3) is 22.0 Å². The lowest BCUT2D eigenvalue weighted by molar-refractivity contribution is -0.137. The van der Waals surface area contributed by atoms with E-state index in [-0.39, 0.29) is 5.91 Å². The second-order valence-corrected chi connectivity index (χ2v) is 6.74. The predicted octanol–water partition coefficient (Wildman–Crippen LogP) is 5.03. The largest absolute Gasteiger partial charge is 0.416 e. The van der Waals surface area contributed by atoms with Crippen molar-refractivity contribution in [2.24, 2.45) is 0 Å². The van der Waals surface area contributed by atoms with Crippen molar-refractivity contribution < 1.29 is 18.0 Å². The number of aromatic nitrogens is 1. The lowest BCUT2D eigenvalue weighted by atomic mass is 10.0. The Morgan fingerprint density at radius 3 is 2.50 bits per heavy atom. The summed E-state index contributed by atoms with van der Waals surface area (Å²) in [4.78, 5) is 12.3. The molecule has 2 heterocycles. The number of amides is 1. The van der Waals surface area contributed by atoms with Crippen LogP contribution in [0, 0.1) is 6.92 Å². The minimum atomic E-state index is -4.38. The van der Waals surface area contributed by atoms with Crippen molar-refractivity contribution in [3.63, 3.8) is 0 Å². The first-order chi connectivity index (χ1) is 12.3. The van der Waals surface area contributed by atoms with Crippen molar-refractivity contribution in [2.45, 2.75) is 19.6 Å². The van der Waals surface area contributed by atoms with Crippen LogP contribution in [-0.4, -0.2) is 17.0 Å². The van der Waals surface area contributed by atoms with E-state index in [1.54, 1.807) is 12.1 Å². The number of aryl methyl sites for hydroxylation is 1. The maximum Gasteiger partial charge on any atom is 0.416 e. The summed E-state index contributed by atoms with van der Waals surface area (Å²) in [5.41, 5.74) is 2.83. The van der Waals surface area contributed by atoms with Gasteiger partial charge in [-0.1, -0.05) is 23.7 Å². The van der Waals surface area contributed by atoms with Gasteiger partial charge in [0.05, 0.1) is 11.1 Å². The van der Waals surface area contributed by atoms with Gasteiger partial charge in [0.2, 0.25) is 0 Å². The molecule has 134 valence electrons. The molecule has 0 radical (unpaired) electrons. The van der Waals surface area contributed by atoms with Gasteiger partial charge in [-0.05, 0) is 42.3 Å². The zero-order chi connectivity index (χ0) is 18.6. The topological polar surface area (TPSA) is 34.0 Å². The highest BCUT2D eigenvalue weighted by Crippen LogP contribution is 2.38. The Labute approximate surface area is 152 Å². The Kier molecular flexibility index (Phi) is 3.77. The molecular formula is C19H14ClF3N2O. The van der Waals surface area contributed by atoms with Crippen LogP contribution in [0.3, 0.4) is 0 Å². The number of halogens is 4. The number of hydrogen-bond donors (Lipinski definition) is 1. The van der Waals surface area contributed by atoms with Crippen LogP contribution in [-0.2, 0) is 12.7 Å². The monoisotopic (exact) mass is 378 g/mol. The van der Waals surface area contributed by atoms with Crippen molar-refractivity contribution in [3.8, 4) is 11.1 Å². The standard InChI is InChI=1S/C19H14ClF3N2O/c1-10-14-8-13(20)9-15(11-2-4-12(5-3-11)19(21,22)23)17(14)25-7-6-24-18(26)16(10)25/h2-5,8-9H,6-7H2,1H3,(H,24,26). The third kappa shape index (κ3) is 2.56. The fraction of sp³-hybridized carbons (Fsp3) is 0.211. The minimum absolute atomic E-state index is 0.153. The SMILES string of the molecule is Cc1c2n(c3c(-c4ccc(C(F)(F)F)cc4)cc(Cl)cc13)CCNC2=O. The van der Waals surface area contributed by atoms with Crippen molar-refractivity contribution in [1.82, 2.24) is 9.88 Å². The number of fused-ring (bicyclic) bond motifs is 3. The molecule has 3 nitrogen and oxygen atoms in total. The number of hydrogen-bond acceptors (Lipinski definition) is 1. The van der Waals surface area contributed by atoms with E-state index in [1.165, 1.54) is 12.1 Å². The first-order valence-electron chi connectivity index (χ1n) is 8.05. The zero-order valence-electron chi connectivity index (χ0n) is 13.7. The first kappa shape index (κ1) is 17.0.